The summed E-state index contributed by atoms with van der Waals surface area (Å²) in [6.45, 7) is 2.03. The number of benzene rings is 2. The van der Waals surface area contributed by atoms with E-state index in [1.807, 2.05) is 66.1 Å². The normalized spacial score (nSPS) is 11.0. The lowest BCUT2D eigenvalue weighted by Crippen LogP contribution is -1.97. The molecule has 4 rings (SSSR count). The molecule has 0 unspecified atom stereocenters. The van der Waals surface area contributed by atoms with Gasteiger partial charge in [0, 0.05) is 22.5 Å². The molecule has 0 saturated carbocycles. The van der Waals surface area contributed by atoms with E-state index < -0.39 is 0 Å². The zero-order valence-electron chi connectivity index (χ0n) is 13.6. The highest BCUT2D eigenvalue weighted by Gasteiger charge is 2.17. The van der Waals surface area contributed by atoms with Gasteiger partial charge in [0.15, 0.2) is 0 Å². The van der Waals surface area contributed by atoms with Gasteiger partial charge in [-0.1, -0.05) is 35.9 Å². The number of aromatic nitrogens is 2. The molecule has 2 aromatic carbocycles. The van der Waals surface area contributed by atoms with Crippen molar-refractivity contribution in [2.75, 3.05) is 5.32 Å². The van der Waals surface area contributed by atoms with Crippen LogP contribution in [0.25, 0.3) is 16.9 Å². The van der Waals surface area contributed by atoms with Crippen molar-refractivity contribution in [3.05, 3.63) is 77.4 Å². The summed E-state index contributed by atoms with van der Waals surface area (Å²) in [5.74, 6) is 0.972. The summed E-state index contributed by atoms with van der Waals surface area (Å²) in [5.41, 5.74) is 4.13. The van der Waals surface area contributed by atoms with Crippen molar-refractivity contribution in [1.29, 1.82) is 0 Å². The van der Waals surface area contributed by atoms with Crippen molar-refractivity contribution in [3.63, 3.8) is 0 Å². The second-order valence-corrected chi connectivity index (χ2v) is 6.33. The van der Waals surface area contributed by atoms with E-state index in [-0.39, 0.29) is 5.75 Å². The number of aromatic hydroxyl groups is 1. The van der Waals surface area contributed by atoms with Crippen LogP contribution >= 0.6 is 11.6 Å². The van der Waals surface area contributed by atoms with Gasteiger partial charge in [0.05, 0.1) is 0 Å². The number of rotatable bonds is 3. The first kappa shape index (κ1) is 15.5. The number of fused-ring (bicyclic) bond motifs is 1. The summed E-state index contributed by atoms with van der Waals surface area (Å²) in [4.78, 5) is 4.71. The van der Waals surface area contributed by atoms with Gasteiger partial charge in [0.1, 0.15) is 22.9 Å². The summed E-state index contributed by atoms with van der Waals surface area (Å²) in [6.07, 6.45) is 2.01. The molecule has 4 aromatic rings. The predicted octanol–water partition coefficient (Wildman–Crippen LogP) is 5.41. The number of imidazole rings is 1. The molecule has 0 aliphatic carbocycles. The SMILES string of the molecule is Cc1ccc2nc(-c3ccccc3O)c(Nc3cccc(Cl)c3)n2c1. The van der Waals surface area contributed by atoms with Crippen LogP contribution in [0.2, 0.25) is 5.02 Å². The molecule has 0 aliphatic heterocycles. The molecule has 0 radical (unpaired) electrons. The fourth-order valence-corrected chi connectivity index (χ4v) is 3.03. The van der Waals surface area contributed by atoms with Gasteiger partial charge in [0.25, 0.3) is 0 Å². The van der Waals surface area contributed by atoms with Crippen molar-refractivity contribution < 1.29 is 5.11 Å². The number of hydrogen-bond donors (Lipinski definition) is 2. The minimum absolute atomic E-state index is 0.191. The molecule has 4 nitrogen and oxygen atoms in total. The number of phenols is 1. The molecule has 2 heterocycles. The minimum atomic E-state index is 0.191. The lowest BCUT2D eigenvalue weighted by atomic mass is 10.1. The fraction of sp³-hybridized carbons (Fsp3) is 0.0500. The van der Waals surface area contributed by atoms with Crippen LogP contribution in [0.5, 0.6) is 5.75 Å². The Labute approximate surface area is 150 Å². The lowest BCUT2D eigenvalue weighted by molar-refractivity contribution is 0.477. The Bertz CT molecular complexity index is 1070. The molecule has 25 heavy (non-hydrogen) atoms. The third kappa shape index (κ3) is 2.92. The van der Waals surface area contributed by atoms with Gasteiger partial charge in [-0.2, -0.15) is 0 Å². The monoisotopic (exact) mass is 349 g/mol. The van der Waals surface area contributed by atoms with Gasteiger partial charge in [-0.25, -0.2) is 4.98 Å². The average Bonchev–Trinajstić information content (AvgIpc) is 2.93. The summed E-state index contributed by atoms with van der Waals surface area (Å²) in [5, 5.41) is 14.3. The Balaban J connectivity index is 1.95. The van der Waals surface area contributed by atoms with Crippen molar-refractivity contribution in [2.45, 2.75) is 6.92 Å². The second kappa shape index (κ2) is 6.15. The molecule has 0 spiro atoms. The number of hydrogen-bond acceptors (Lipinski definition) is 3. The predicted molar refractivity (Wildman–Crippen MR) is 102 cm³/mol. The van der Waals surface area contributed by atoms with Crippen LogP contribution in [0.3, 0.4) is 0 Å². The molecule has 0 atom stereocenters. The Kier molecular flexibility index (Phi) is 3.82. The van der Waals surface area contributed by atoms with Crippen LogP contribution in [-0.4, -0.2) is 14.5 Å². The number of anilines is 2. The van der Waals surface area contributed by atoms with E-state index in [1.54, 1.807) is 12.1 Å². The van der Waals surface area contributed by atoms with Crippen molar-refractivity contribution in [3.8, 4) is 17.0 Å². The summed E-state index contributed by atoms with van der Waals surface area (Å²) in [6, 6.07) is 18.7. The van der Waals surface area contributed by atoms with Gasteiger partial charge in [-0.15, -0.1) is 0 Å². The van der Waals surface area contributed by atoms with E-state index in [0.717, 1.165) is 22.7 Å². The molecule has 0 amide bonds. The zero-order chi connectivity index (χ0) is 17.4. The van der Waals surface area contributed by atoms with Crippen LogP contribution < -0.4 is 5.32 Å². The summed E-state index contributed by atoms with van der Waals surface area (Å²) < 4.78 is 1.98. The van der Waals surface area contributed by atoms with Crippen molar-refractivity contribution in [2.24, 2.45) is 0 Å². The van der Waals surface area contributed by atoms with Gasteiger partial charge in [-0.3, -0.25) is 4.40 Å². The standard InChI is InChI=1S/C20H16ClN3O/c1-13-9-10-18-23-19(16-7-2-3-8-17(16)25)20(24(18)12-13)22-15-6-4-5-14(21)11-15/h2-12,22,25H,1H3. The minimum Gasteiger partial charge on any atom is -0.507 e. The number of pyridine rings is 1. The molecule has 0 saturated heterocycles. The highest BCUT2D eigenvalue weighted by atomic mass is 35.5. The van der Waals surface area contributed by atoms with Crippen LogP contribution in [0.15, 0.2) is 66.9 Å². The van der Waals surface area contributed by atoms with E-state index in [1.165, 1.54) is 0 Å². The molecule has 2 aromatic heterocycles. The first-order valence-electron chi connectivity index (χ1n) is 7.91. The first-order chi connectivity index (χ1) is 12.1. The van der Waals surface area contributed by atoms with E-state index in [0.29, 0.717) is 16.3 Å². The fourth-order valence-electron chi connectivity index (χ4n) is 2.83. The molecule has 0 bridgehead atoms. The molecule has 0 fully saturated rings. The molecule has 124 valence electrons. The van der Waals surface area contributed by atoms with Crippen LogP contribution in [0.4, 0.5) is 11.5 Å². The highest BCUT2D eigenvalue weighted by Crippen LogP contribution is 2.36. The number of halogens is 1. The third-order valence-electron chi connectivity index (χ3n) is 4.01. The largest absolute Gasteiger partial charge is 0.507 e. The van der Waals surface area contributed by atoms with E-state index in [2.05, 4.69) is 5.32 Å². The van der Waals surface area contributed by atoms with Gasteiger partial charge < -0.3 is 10.4 Å². The van der Waals surface area contributed by atoms with Gasteiger partial charge in [0.2, 0.25) is 0 Å². The number of phenolic OH excluding ortho intramolecular Hbond substituents is 1. The molecule has 5 heteroatoms. The van der Waals surface area contributed by atoms with Gasteiger partial charge in [-0.05, 0) is 48.9 Å². The number of nitrogens with zero attached hydrogens (tertiary/aromatic N) is 2. The molecular weight excluding hydrogens is 334 g/mol. The van der Waals surface area contributed by atoms with Gasteiger partial charge >= 0.3 is 0 Å². The molecular formula is C20H16ClN3O. The highest BCUT2D eigenvalue weighted by molar-refractivity contribution is 6.30. The maximum absolute atomic E-state index is 10.3. The number of aryl methyl sites for hydroxylation is 1. The Morgan fingerprint density at radius 1 is 1.04 bits per heavy atom. The molecule has 2 N–H and O–H groups in total. The van der Waals surface area contributed by atoms with E-state index >= 15 is 0 Å². The molecule has 0 aliphatic rings. The maximum Gasteiger partial charge on any atom is 0.143 e. The maximum atomic E-state index is 10.3. The van der Waals surface area contributed by atoms with Crippen LogP contribution in [-0.2, 0) is 0 Å². The van der Waals surface area contributed by atoms with E-state index in [4.69, 9.17) is 16.6 Å². The lowest BCUT2D eigenvalue weighted by Gasteiger charge is -2.10. The smallest absolute Gasteiger partial charge is 0.143 e. The van der Waals surface area contributed by atoms with E-state index in [9.17, 15) is 5.11 Å². The topological polar surface area (TPSA) is 49.6 Å². The zero-order valence-corrected chi connectivity index (χ0v) is 14.3. The van der Waals surface area contributed by atoms with Crippen LogP contribution in [0.1, 0.15) is 5.56 Å². The summed E-state index contributed by atoms with van der Waals surface area (Å²) >= 11 is 6.11. The average molecular weight is 350 g/mol. The number of nitrogens with one attached hydrogen (secondary N) is 1. The Hall–Kier alpha value is -2.98. The van der Waals surface area contributed by atoms with Crippen molar-refractivity contribution >= 4 is 28.8 Å². The van der Waals surface area contributed by atoms with Crippen LogP contribution in [0, 0.1) is 6.92 Å². The second-order valence-electron chi connectivity index (χ2n) is 5.90. The quantitative estimate of drug-likeness (QED) is 0.519. The Morgan fingerprint density at radius 3 is 2.68 bits per heavy atom. The number of para-hydroxylation sites is 1. The third-order valence-corrected chi connectivity index (χ3v) is 4.25. The first-order valence-corrected chi connectivity index (χ1v) is 8.29. The van der Waals surface area contributed by atoms with Crippen molar-refractivity contribution in [1.82, 2.24) is 9.38 Å². The summed E-state index contributed by atoms with van der Waals surface area (Å²) in [7, 11) is 0. The Morgan fingerprint density at radius 2 is 1.88 bits per heavy atom.